The van der Waals surface area contributed by atoms with E-state index in [0.29, 0.717) is 5.92 Å². The number of rotatable bonds is 4. The van der Waals surface area contributed by atoms with E-state index in [1.165, 1.54) is 16.2 Å². The van der Waals surface area contributed by atoms with Crippen molar-refractivity contribution in [3.05, 3.63) is 143 Å². The van der Waals surface area contributed by atoms with Crippen molar-refractivity contribution in [2.45, 2.75) is 13.3 Å². The Morgan fingerprint density at radius 3 is 2.26 bits per heavy atom. The Labute approximate surface area is 270 Å². The van der Waals surface area contributed by atoms with Gasteiger partial charge in [0.15, 0.2) is 5.42 Å². The molecule has 0 saturated carbocycles. The summed E-state index contributed by atoms with van der Waals surface area (Å²) in [5.74, 6) is 7.25. The topological polar surface area (TPSA) is 29.5 Å². The molecule has 3 nitrogen and oxygen atoms in total. The average molecular weight is 602 g/mol. The van der Waals surface area contributed by atoms with E-state index in [2.05, 4.69) is 133 Å². The number of hydrogen-bond donors (Lipinski definition) is 0. The van der Waals surface area contributed by atoms with Crippen LogP contribution in [0.1, 0.15) is 18.9 Å². The fourth-order valence-corrected chi connectivity index (χ4v) is 7.36. The zero-order chi connectivity index (χ0) is 31.1. The van der Waals surface area contributed by atoms with Crippen LogP contribution in [-0.4, -0.2) is 0 Å². The van der Waals surface area contributed by atoms with Gasteiger partial charge in [-0.05, 0) is 59.3 Å². The Balaban J connectivity index is 1.29. The molecule has 8 aromatic rings. The van der Waals surface area contributed by atoms with Crippen LogP contribution >= 0.6 is 0 Å². The highest BCUT2D eigenvalue weighted by molar-refractivity contribution is 6.28. The van der Waals surface area contributed by atoms with Crippen LogP contribution in [0.3, 0.4) is 0 Å². The summed E-state index contributed by atoms with van der Waals surface area (Å²) in [6.45, 7) is 2.18. The van der Waals surface area contributed by atoms with Crippen LogP contribution in [0.15, 0.2) is 136 Å². The van der Waals surface area contributed by atoms with Crippen molar-refractivity contribution in [1.82, 2.24) is 0 Å². The van der Waals surface area contributed by atoms with E-state index < -0.39 is 0 Å². The molecule has 0 radical (unpaired) electrons. The van der Waals surface area contributed by atoms with Gasteiger partial charge < -0.3 is 13.7 Å². The van der Waals surface area contributed by atoms with Crippen LogP contribution in [-0.2, 0) is 0 Å². The largest absolute Gasteiger partial charge is 0.456 e. The molecular formula is C44H27NO2. The van der Waals surface area contributed by atoms with E-state index in [1.54, 1.807) is 0 Å². The van der Waals surface area contributed by atoms with Crippen molar-refractivity contribution < 1.29 is 8.83 Å². The normalized spacial score (nSPS) is 15.3. The molecule has 3 heteroatoms. The smallest absolute Gasteiger partial charge is 0.179 e. The molecule has 0 amide bonds. The van der Waals surface area contributed by atoms with Gasteiger partial charge in [0.25, 0.3) is 0 Å². The molecule has 0 N–H and O–H groups in total. The van der Waals surface area contributed by atoms with Crippen LogP contribution in [0.25, 0.3) is 71.8 Å². The Bertz CT molecular complexity index is 2900. The zero-order valence-corrected chi connectivity index (χ0v) is 25.7. The third-order valence-electron chi connectivity index (χ3n) is 9.56. The second-order valence-corrected chi connectivity index (χ2v) is 12.4. The Hall–Kier alpha value is -6.20. The number of hydrogen-bond acceptors (Lipinski definition) is 3. The number of fused-ring (bicyclic) bond motifs is 10. The second kappa shape index (κ2) is 9.90. The van der Waals surface area contributed by atoms with Gasteiger partial charge in [-0.3, -0.25) is 0 Å². The van der Waals surface area contributed by atoms with Gasteiger partial charge in [0, 0.05) is 49.2 Å². The fraction of sp³-hybridized carbons (Fsp3) is 0.0682. The van der Waals surface area contributed by atoms with Gasteiger partial charge in [0.05, 0.1) is 17.1 Å². The monoisotopic (exact) mass is 601 g/mol. The first-order chi connectivity index (χ1) is 23.2. The number of benzene rings is 6. The van der Waals surface area contributed by atoms with Crippen molar-refractivity contribution in [2.24, 2.45) is 5.92 Å². The third kappa shape index (κ3) is 3.90. The number of nitrogens with zero attached hydrogens (tertiary/aromatic N) is 1. The minimum atomic E-state index is 0.354. The predicted molar refractivity (Wildman–Crippen MR) is 194 cm³/mol. The standard InChI is InChI=1S/C44H27NO2/c1-27-17-19-28(20-18-27)31-9-2-5-13-37(31)45(30-25-36-33-10-3-6-15-39(33)47-42(36)26-30)38-14-8-12-34-32(38)23-21-29-22-24-41-44(43(29)34)35-11-4-7-16-40(35)46-41/h2-16,19,21-25,27H,17H2,1H3. The first-order valence-electron chi connectivity index (χ1n) is 16.1. The molecule has 0 aliphatic heterocycles. The van der Waals surface area contributed by atoms with Gasteiger partial charge in [0.1, 0.15) is 16.7 Å². The molecule has 2 aliphatic carbocycles. The maximum absolute atomic E-state index is 6.33. The summed E-state index contributed by atoms with van der Waals surface area (Å²) < 4.78 is 12.6. The van der Waals surface area contributed by atoms with Gasteiger partial charge in [0.2, 0.25) is 0 Å². The summed E-state index contributed by atoms with van der Waals surface area (Å²) in [6, 6.07) is 40.4. The van der Waals surface area contributed by atoms with E-state index >= 15 is 0 Å². The second-order valence-electron chi connectivity index (χ2n) is 12.4. The van der Waals surface area contributed by atoms with Crippen molar-refractivity contribution in [1.29, 1.82) is 0 Å². The van der Waals surface area contributed by atoms with Crippen molar-refractivity contribution >= 4 is 83.2 Å². The average Bonchev–Trinajstić information content (AvgIpc) is 3.80. The molecule has 1 unspecified atom stereocenters. The number of allylic oxidation sites excluding steroid dienone is 3. The van der Waals surface area contributed by atoms with Crippen LogP contribution < -0.4 is 15.5 Å². The molecule has 2 heterocycles. The van der Waals surface area contributed by atoms with Crippen molar-refractivity contribution in [3.63, 3.8) is 0 Å². The van der Waals surface area contributed by atoms with Gasteiger partial charge in [-0.15, -0.1) is 0 Å². The van der Waals surface area contributed by atoms with Gasteiger partial charge in [-0.25, -0.2) is 0 Å². The number of furan rings is 2. The Morgan fingerprint density at radius 1 is 0.638 bits per heavy atom. The summed E-state index contributed by atoms with van der Waals surface area (Å²) in [6.07, 6.45) is 5.43. The van der Waals surface area contributed by atoms with Crippen LogP contribution in [0.2, 0.25) is 0 Å². The maximum atomic E-state index is 6.33. The highest BCUT2D eigenvalue weighted by Crippen LogP contribution is 2.44. The summed E-state index contributed by atoms with van der Waals surface area (Å²) in [5, 5.41) is 9.11. The molecule has 2 aliphatic rings. The predicted octanol–water partition coefficient (Wildman–Crippen LogP) is 9.96. The van der Waals surface area contributed by atoms with E-state index in [-0.39, 0.29) is 0 Å². The lowest BCUT2D eigenvalue weighted by atomic mass is 9.94. The van der Waals surface area contributed by atoms with Crippen LogP contribution in [0.4, 0.5) is 11.4 Å². The molecule has 0 fully saturated rings. The third-order valence-corrected chi connectivity index (χ3v) is 9.56. The lowest BCUT2D eigenvalue weighted by molar-refractivity contribution is 0.577. The molecule has 0 bridgehead atoms. The molecule has 47 heavy (non-hydrogen) atoms. The van der Waals surface area contributed by atoms with Crippen molar-refractivity contribution in [2.75, 3.05) is 4.90 Å². The lowest BCUT2D eigenvalue weighted by Crippen LogP contribution is -2.18. The quantitative estimate of drug-likeness (QED) is 0.149. The summed E-state index contributed by atoms with van der Waals surface area (Å²) in [7, 11) is 0. The first-order valence-corrected chi connectivity index (χ1v) is 16.1. The molecule has 0 saturated heterocycles. The van der Waals surface area contributed by atoms with E-state index in [4.69, 9.17) is 8.83 Å². The fourth-order valence-electron chi connectivity index (χ4n) is 7.36. The van der Waals surface area contributed by atoms with Crippen LogP contribution in [0, 0.1) is 17.8 Å². The van der Waals surface area contributed by atoms with Gasteiger partial charge in [-0.2, -0.15) is 0 Å². The summed E-state index contributed by atoms with van der Waals surface area (Å²) in [5.41, 5.74) is 12.3. The number of para-hydroxylation sites is 3. The lowest BCUT2D eigenvalue weighted by Gasteiger charge is -2.28. The highest BCUT2D eigenvalue weighted by atomic mass is 16.3. The SMILES string of the molecule is CC1C#CC(c2ccccc2N(C2=C=c3oc4ccccc4c3=C2)c2cccc3c2ccc2ccc4oc5ccccc5c4c23)=CC1. The minimum absolute atomic E-state index is 0.354. The zero-order valence-electron chi connectivity index (χ0n) is 25.7. The molecule has 2 aromatic heterocycles. The minimum Gasteiger partial charge on any atom is -0.456 e. The van der Waals surface area contributed by atoms with Crippen molar-refractivity contribution in [3.8, 4) is 11.8 Å². The Kier molecular flexibility index (Phi) is 5.49. The summed E-state index contributed by atoms with van der Waals surface area (Å²) in [4.78, 5) is 2.34. The molecule has 220 valence electrons. The molecule has 0 spiro atoms. The summed E-state index contributed by atoms with van der Waals surface area (Å²) >= 11 is 0. The van der Waals surface area contributed by atoms with Gasteiger partial charge in [-0.1, -0.05) is 110 Å². The highest BCUT2D eigenvalue weighted by Gasteiger charge is 2.24. The van der Waals surface area contributed by atoms with Gasteiger partial charge >= 0.3 is 0 Å². The van der Waals surface area contributed by atoms with E-state index in [9.17, 15) is 0 Å². The van der Waals surface area contributed by atoms with E-state index in [0.717, 1.165) is 83.6 Å². The molecule has 10 rings (SSSR count). The van der Waals surface area contributed by atoms with Crippen LogP contribution in [0.5, 0.6) is 0 Å². The maximum Gasteiger partial charge on any atom is 0.179 e. The number of anilines is 2. The van der Waals surface area contributed by atoms with E-state index in [1.807, 2.05) is 24.3 Å². The molecule has 1 atom stereocenters. The molecule has 6 aromatic carbocycles. The Morgan fingerprint density at radius 2 is 1.38 bits per heavy atom. The first kappa shape index (κ1) is 26.1. The molecular weight excluding hydrogens is 574 g/mol.